The van der Waals surface area contributed by atoms with Gasteiger partial charge in [-0.2, -0.15) is 5.10 Å². The van der Waals surface area contributed by atoms with Gasteiger partial charge >= 0.3 is 0 Å². The van der Waals surface area contributed by atoms with E-state index in [1.54, 1.807) is 30.9 Å². The lowest BCUT2D eigenvalue weighted by Gasteiger charge is -2.17. The molecule has 0 fully saturated rings. The third kappa shape index (κ3) is 6.05. The monoisotopic (exact) mass is 612 g/mol. The first-order valence-corrected chi connectivity index (χ1v) is 15.6. The number of nitrogens with zero attached hydrogens (tertiary/aromatic N) is 4. The van der Waals surface area contributed by atoms with E-state index in [4.69, 9.17) is 4.98 Å². The van der Waals surface area contributed by atoms with E-state index in [0.717, 1.165) is 22.7 Å². The van der Waals surface area contributed by atoms with Gasteiger partial charge in [0, 0.05) is 40.9 Å². The lowest BCUT2D eigenvalue weighted by atomic mass is 9.95. The molecule has 4 N–H and O–H groups in total. The summed E-state index contributed by atoms with van der Waals surface area (Å²) < 4.78 is 40.1. The zero-order valence-electron chi connectivity index (χ0n) is 24.4. The van der Waals surface area contributed by atoms with Crippen molar-refractivity contribution in [2.75, 3.05) is 11.6 Å². The molecule has 1 aromatic carbocycles. The van der Waals surface area contributed by atoms with Crippen LogP contribution in [0.15, 0.2) is 67.3 Å². The maximum Gasteiger partial charge on any atom is 0.229 e. The lowest BCUT2D eigenvalue weighted by Crippen LogP contribution is -2.27. The summed E-state index contributed by atoms with van der Waals surface area (Å²) in [5, 5.41) is 11.2. The lowest BCUT2D eigenvalue weighted by molar-refractivity contribution is -0.123. The van der Waals surface area contributed by atoms with Crippen molar-refractivity contribution < 1.29 is 17.6 Å². The zero-order valence-corrected chi connectivity index (χ0v) is 25.2. The van der Waals surface area contributed by atoms with Gasteiger partial charge in [-0.1, -0.05) is 20.8 Å². The van der Waals surface area contributed by atoms with E-state index in [2.05, 4.69) is 35.2 Å². The highest BCUT2D eigenvalue weighted by atomic mass is 32.2. The van der Waals surface area contributed by atoms with Crippen LogP contribution in [-0.4, -0.2) is 50.7 Å². The van der Waals surface area contributed by atoms with Crippen molar-refractivity contribution in [3.8, 4) is 33.8 Å². The number of carbonyl (C=O) groups excluding carboxylic acids is 1. The summed E-state index contributed by atoms with van der Waals surface area (Å²) in [6, 6.07) is 11.9. The average molecular weight is 613 g/mol. The van der Waals surface area contributed by atoms with E-state index in [0.29, 0.717) is 50.5 Å². The molecule has 0 saturated heterocycles. The van der Waals surface area contributed by atoms with Crippen molar-refractivity contribution in [1.82, 2.24) is 34.9 Å². The standard InChI is InChI=1S/C31H29FN8O3S/c1-31(2,3)30(41)36-21-10-19(13-33-14-21)24-5-6-25-28(38-24)29(40-39-25)26-11-22-23(15-34-16-27(22)37-26)18-7-17(8-20(32)9-18)12-35-44(4,42)43/h5-11,13-16,35,37H,12H2,1-4H3,(H,36,41)(H,39,40). The van der Waals surface area contributed by atoms with E-state index in [1.807, 2.05) is 45.0 Å². The molecule has 0 unspecified atom stereocenters. The molecule has 13 heteroatoms. The minimum Gasteiger partial charge on any atom is -0.352 e. The first-order valence-electron chi connectivity index (χ1n) is 13.7. The third-order valence-corrected chi connectivity index (χ3v) is 7.66. The Kier molecular flexibility index (Phi) is 7.22. The van der Waals surface area contributed by atoms with Crippen LogP contribution in [0.5, 0.6) is 0 Å². The van der Waals surface area contributed by atoms with Crippen molar-refractivity contribution in [3.05, 3.63) is 78.6 Å². The Morgan fingerprint density at radius 2 is 1.75 bits per heavy atom. The Hall–Kier alpha value is -5.01. The molecule has 5 heterocycles. The minimum absolute atomic E-state index is 0.0416. The van der Waals surface area contributed by atoms with Gasteiger partial charge in [0.2, 0.25) is 15.9 Å². The molecule has 0 bridgehead atoms. The second-order valence-electron chi connectivity index (χ2n) is 11.6. The Balaban J connectivity index is 1.37. The highest BCUT2D eigenvalue weighted by Crippen LogP contribution is 2.34. The summed E-state index contributed by atoms with van der Waals surface area (Å²) in [6.07, 6.45) is 7.64. The summed E-state index contributed by atoms with van der Waals surface area (Å²) in [4.78, 5) is 29.4. The smallest absolute Gasteiger partial charge is 0.229 e. The van der Waals surface area contributed by atoms with Crippen LogP contribution < -0.4 is 10.0 Å². The Bertz CT molecular complexity index is 2170. The van der Waals surface area contributed by atoms with Gasteiger partial charge in [-0.25, -0.2) is 22.5 Å². The molecule has 0 atom stereocenters. The molecular weight excluding hydrogens is 583 g/mol. The first-order chi connectivity index (χ1) is 20.8. The zero-order chi connectivity index (χ0) is 31.2. The number of aromatic nitrogens is 6. The van der Waals surface area contributed by atoms with Crippen LogP contribution in [0.3, 0.4) is 0 Å². The van der Waals surface area contributed by atoms with Gasteiger partial charge in [-0.05, 0) is 53.6 Å². The molecule has 5 aromatic heterocycles. The first kappa shape index (κ1) is 29.1. The number of anilines is 1. The van der Waals surface area contributed by atoms with Crippen LogP contribution >= 0.6 is 0 Å². The fourth-order valence-electron chi connectivity index (χ4n) is 4.75. The van der Waals surface area contributed by atoms with E-state index >= 15 is 0 Å². The van der Waals surface area contributed by atoms with Crippen molar-refractivity contribution in [2.45, 2.75) is 27.3 Å². The number of benzene rings is 1. The largest absolute Gasteiger partial charge is 0.352 e. The van der Waals surface area contributed by atoms with Crippen LogP contribution in [0, 0.1) is 11.2 Å². The van der Waals surface area contributed by atoms with E-state index in [1.165, 1.54) is 12.1 Å². The number of H-pyrrole nitrogens is 2. The number of hydrogen-bond donors (Lipinski definition) is 4. The van der Waals surface area contributed by atoms with Crippen molar-refractivity contribution in [1.29, 1.82) is 0 Å². The molecule has 0 aliphatic heterocycles. The molecule has 6 rings (SSSR count). The number of sulfonamides is 1. The predicted molar refractivity (Wildman–Crippen MR) is 167 cm³/mol. The number of amides is 1. The van der Waals surface area contributed by atoms with Gasteiger partial charge in [0.1, 0.15) is 17.0 Å². The third-order valence-electron chi connectivity index (χ3n) is 6.99. The molecule has 224 valence electrons. The number of fused-ring (bicyclic) bond motifs is 2. The molecule has 11 nitrogen and oxygen atoms in total. The maximum absolute atomic E-state index is 14.6. The molecule has 0 aliphatic rings. The Morgan fingerprint density at radius 1 is 0.955 bits per heavy atom. The van der Waals surface area contributed by atoms with Gasteiger partial charge in [0.05, 0.1) is 46.8 Å². The number of carbonyl (C=O) groups is 1. The van der Waals surface area contributed by atoms with Crippen molar-refractivity contribution in [3.63, 3.8) is 0 Å². The second kappa shape index (κ2) is 10.9. The summed E-state index contributed by atoms with van der Waals surface area (Å²) in [5.41, 5.74) is 6.37. The molecule has 0 saturated carbocycles. The number of nitrogens with one attached hydrogen (secondary N) is 4. The van der Waals surface area contributed by atoms with Gasteiger partial charge in [0.15, 0.2) is 0 Å². The molecule has 0 aliphatic carbocycles. The van der Waals surface area contributed by atoms with Crippen LogP contribution in [-0.2, 0) is 21.4 Å². The van der Waals surface area contributed by atoms with Crippen LogP contribution in [0.1, 0.15) is 26.3 Å². The van der Waals surface area contributed by atoms with Crippen molar-refractivity contribution >= 4 is 43.6 Å². The number of hydrogen-bond acceptors (Lipinski definition) is 7. The topological polar surface area (TPSA) is 158 Å². The predicted octanol–water partition coefficient (Wildman–Crippen LogP) is 5.40. The fourth-order valence-corrected chi connectivity index (χ4v) is 5.17. The molecule has 1 amide bonds. The quantitative estimate of drug-likeness (QED) is 0.188. The Labute approximate surface area is 252 Å². The summed E-state index contributed by atoms with van der Waals surface area (Å²) >= 11 is 0. The fraction of sp³-hybridized carbons (Fsp3) is 0.194. The number of rotatable bonds is 7. The van der Waals surface area contributed by atoms with E-state index in [9.17, 15) is 17.6 Å². The Morgan fingerprint density at radius 3 is 2.52 bits per heavy atom. The highest BCUT2D eigenvalue weighted by Gasteiger charge is 2.22. The van der Waals surface area contributed by atoms with Gasteiger partial charge in [0.25, 0.3) is 0 Å². The van der Waals surface area contributed by atoms with E-state index < -0.39 is 21.3 Å². The number of pyridine rings is 3. The normalized spacial score (nSPS) is 12.2. The minimum atomic E-state index is -3.45. The highest BCUT2D eigenvalue weighted by molar-refractivity contribution is 7.88. The van der Waals surface area contributed by atoms with E-state index in [-0.39, 0.29) is 12.5 Å². The van der Waals surface area contributed by atoms with Crippen molar-refractivity contribution in [2.24, 2.45) is 5.41 Å². The van der Waals surface area contributed by atoms with Gasteiger partial charge in [-0.3, -0.25) is 19.9 Å². The van der Waals surface area contributed by atoms with Crippen LogP contribution in [0.4, 0.5) is 10.1 Å². The summed E-state index contributed by atoms with van der Waals surface area (Å²) in [6.45, 7) is 5.48. The van der Waals surface area contributed by atoms with Gasteiger partial charge < -0.3 is 10.3 Å². The molecule has 0 radical (unpaired) electrons. The molecule has 0 spiro atoms. The summed E-state index contributed by atoms with van der Waals surface area (Å²) in [5.74, 6) is -0.614. The summed E-state index contributed by atoms with van der Waals surface area (Å²) in [7, 11) is -3.45. The molecule has 6 aromatic rings. The number of aromatic amines is 2. The molecular formula is C31H29FN8O3S. The van der Waals surface area contributed by atoms with Crippen LogP contribution in [0.2, 0.25) is 0 Å². The second-order valence-corrected chi connectivity index (χ2v) is 13.4. The average Bonchev–Trinajstić information content (AvgIpc) is 3.59. The van der Waals surface area contributed by atoms with Gasteiger partial charge in [-0.15, -0.1) is 0 Å². The maximum atomic E-state index is 14.6. The number of halogens is 1. The van der Waals surface area contributed by atoms with Crippen LogP contribution in [0.25, 0.3) is 55.7 Å². The molecule has 44 heavy (non-hydrogen) atoms. The SMILES string of the molecule is CC(C)(C)C(=O)Nc1cncc(-c2ccc3[nH]nc(-c4cc5c(-c6cc(F)cc(CNS(C)(=O)=O)c6)cncc5[nH]4)c3n2)c1.